The van der Waals surface area contributed by atoms with Crippen molar-refractivity contribution in [3.8, 4) is 5.75 Å². The molecule has 0 saturated carbocycles. The minimum absolute atomic E-state index is 0.321. The molecule has 0 saturated heterocycles. The molecule has 0 heterocycles. The fraction of sp³-hybridized carbons (Fsp3) is 0.222. The van der Waals surface area contributed by atoms with E-state index in [4.69, 9.17) is 9.47 Å². The Hall–Kier alpha value is -2.82. The third kappa shape index (κ3) is 4.57. The number of benzene rings is 2. The predicted molar refractivity (Wildman–Crippen MR) is 91.9 cm³/mol. The van der Waals surface area contributed by atoms with Crippen molar-refractivity contribution in [1.29, 1.82) is 0 Å². The number of carbonyl (C=O) groups is 1. The van der Waals surface area contributed by atoms with Crippen LogP contribution in [0.25, 0.3) is 0 Å². The normalized spacial score (nSPS) is 10.6. The van der Waals surface area contributed by atoms with Crippen molar-refractivity contribution < 1.29 is 14.3 Å². The number of carbonyl (C=O) groups excluding carboxylic acids is 1. The van der Waals surface area contributed by atoms with E-state index in [2.05, 4.69) is 4.99 Å². The number of anilines is 1. The number of methoxy groups -OCH3 is 1. The summed E-state index contributed by atoms with van der Waals surface area (Å²) in [5.74, 6) is 0.493. The zero-order valence-corrected chi connectivity index (χ0v) is 13.5. The molecule has 0 spiro atoms. The van der Waals surface area contributed by atoms with Crippen LogP contribution in [0, 0.1) is 0 Å². The van der Waals surface area contributed by atoms with E-state index >= 15 is 0 Å². The fourth-order valence-electron chi connectivity index (χ4n) is 1.94. The first-order valence-corrected chi connectivity index (χ1v) is 7.32. The second-order valence-corrected chi connectivity index (χ2v) is 4.82. The molecule has 0 aromatic heterocycles. The monoisotopic (exact) mass is 312 g/mol. The molecule has 23 heavy (non-hydrogen) atoms. The van der Waals surface area contributed by atoms with Crippen molar-refractivity contribution in [1.82, 2.24) is 0 Å². The molecule has 0 N–H and O–H groups in total. The zero-order chi connectivity index (χ0) is 16.7. The van der Waals surface area contributed by atoms with Gasteiger partial charge in [0.2, 0.25) is 0 Å². The van der Waals surface area contributed by atoms with Crippen LogP contribution in [0.5, 0.6) is 5.75 Å². The first kappa shape index (κ1) is 16.5. The largest absolute Gasteiger partial charge is 0.497 e. The van der Waals surface area contributed by atoms with Gasteiger partial charge in [-0.25, -0.2) is 9.79 Å². The standard InChI is InChI=1S/C18H20N2O3/c1-4-23-18(21)14-5-7-15(8-6-14)19-13-20(2)16-9-11-17(22-3)12-10-16/h5-13H,4H2,1-3H3. The third-order valence-electron chi connectivity index (χ3n) is 3.24. The van der Waals surface area contributed by atoms with Gasteiger partial charge in [-0.1, -0.05) is 0 Å². The Morgan fingerprint density at radius 2 is 1.78 bits per heavy atom. The second-order valence-electron chi connectivity index (χ2n) is 4.82. The van der Waals surface area contributed by atoms with Crippen LogP contribution in [-0.2, 0) is 4.74 Å². The summed E-state index contributed by atoms with van der Waals surface area (Å²) >= 11 is 0. The van der Waals surface area contributed by atoms with Crippen molar-refractivity contribution in [2.75, 3.05) is 25.7 Å². The molecular formula is C18H20N2O3. The highest BCUT2D eigenvalue weighted by molar-refractivity contribution is 5.90. The number of rotatable bonds is 6. The van der Waals surface area contributed by atoms with Gasteiger partial charge in [-0.15, -0.1) is 0 Å². The van der Waals surface area contributed by atoms with Gasteiger partial charge in [-0.3, -0.25) is 0 Å². The van der Waals surface area contributed by atoms with Crippen LogP contribution in [0.1, 0.15) is 17.3 Å². The first-order valence-electron chi connectivity index (χ1n) is 7.32. The summed E-state index contributed by atoms with van der Waals surface area (Å²) in [7, 11) is 3.55. The lowest BCUT2D eigenvalue weighted by molar-refractivity contribution is 0.0526. The van der Waals surface area contributed by atoms with Crippen molar-refractivity contribution in [2.24, 2.45) is 4.99 Å². The van der Waals surface area contributed by atoms with Gasteiger partial charge in [0.1, 0.15) is 5.75 Å². The quantitative estimate of drug-likeness (QED) is 0.464. The maximum Gasteiger partial charge on any atom is 0.338 e. The fourth-order valence-corrected chi connectivity index (χ4v) is 1.94. The zero-order valence-electron chi connectivity index (χ0n) is 13.5. The van der Waals surface area contributed by atoms with Crippen molar-refractivity contribution >= 4 is 23.7 Å². The van der Waals surface area contributed by atoms with Crippen molar-refractivity contribution in [3.05, 3.63) is 54.1 Å². The number of hydrogen-bond acceptors (Lipinski definition) is 4. The summed E-state index contributed by atoms with van der Waals surface area (Å²) in [6, 6.07) is 14.7. The molecule has 0 fully saturated rings. The molecule has 120 valence electrons. The van der Waals surface area contributed by atoms with Gasteiger partial charge in [0.25, 0.3) is 0 Å². The smallest absolute Gasteiger partial charge is 0.338 e. The number of nitrogens with zero attached hydrogens (tertiary/aromatic N) is 2. The summed E-state index contributed by atoms with van der Waals surface area (Å²) in [6.07, 6.45) is 1.72. The topological polar surface area (TPSA) is 51.1 Å². The number of esters is 1. The lowest BCUT2D eigenvalue weighted by Crippen LogP contribution is -2.13. The molecule has 5 heteroatoms. The molecule has 0 aliphatic rings. The maximum atomic E-state index is 11.6. The van der Waals surface area contributed by atoms with Crippen LogP contribution < -0.4 is 9.64 Å². The molecule has 0 amide bonds. The Bertz CT molecular complexity index is 664. The molecule has 2 aromatic rings. The molecule has 0 unspecified atom stereocenters. The summed E-state index contributed by atoms with van der Waals surface area (Å²) in [5, 5.41) is 0. The predicted octanol–water partition coefficient (Wildman–Crippen LogP) is 3.67. The number of aliphatic imine (C=N–C) groups is 1. The minimum Gasteiger partial charge on any atom is -0.497 e. The third-order valence-corrected chi connectivity index (χ3v) is 3.24. The van der Waals surface area contributed by atoms with Crippen LogP contribution in [0.3, 0.4) is 0 Å². The highest BCUT2D eigenvalue weighted by Gasteiger charge is 2.05. The van der Waals surface area contributed by atoms with Crippen LogP contribution in [-0.4, -0.2) is 33.1 Å². The Labute approximate surface area is 136 Å². The molecule has 0 aliphatic heterocycles. The highest BCUT2D eigenvalue weighted by atomic mass is 16.5. The van der Waals surface area contributed by atoms with E-state index in [0.29, 0.717) is 12.2 Å². The van der Waals surface area contributed by atoms with Crippen LogP contribution in [0.4, 0.5) is 11.4 Å². The number of hydrogen-bond donors (Lipinski definition) is 0. The van der Waals surface area contributed by atoms with Gasteiger partial charge in [-0.2, -0.15) is 0 Å². The molecule has 5 nitrogen and oxygen atoms in total. The average Bonchev–Trinajstić information content (AvgIpc) is 2.60. The summed E-state index contributed by atoms with van der Waals surface area (Å²) in [4.78, 5) is 17.9. The van der Waals surface area contributed by atoms with E-state index in [9.17, 15) is 4.79 Å². The first-order chi connectivity index (χ1) is 11.1. The molecule has 0 atom stereocenters. The Morgan fingerprint density at radius 3 is 2.35 bits per heavy atom. The van der Waals surface area contributed by atoms with Gasteiger partial charge < -0.3 is 14.4 Å². The molecule has 0 bridgehead atoms. The van der Waals surface area contributed by atoms with Crippen LogP contribution in [0.2, 0.25) is 0 Å². The Balaban J connectivity index is 2.02. The lowest BCUT2D eigenvalue weighted by atomic mass is 10.2. The summed E-state index contributed by atoms with van der Waals surface area (Å²) in [6.45, 7) is 2.15. The lowest BCUT2D eigenvalue weighted by Gasteiger charge is -2.13. The average molecular weight is 312 g/mol. The van der Waals surface area contributed by atoms with E-state index < -0.39 is 0 Å². The van der Waals surface area contributed by atoms with E-state index in [-0.39, 0.29) is 5.97 Å². The Morgan fingerprint density at radius 1 is 1.13 bits per heavy atom. The van der Waals surface area contributed by atoms with Crippen LogP contribution >= 0.6 is 0 Å². The van der Waals surface area contributed by atoms with Crippen molar-refractivity contribution in [3.63, 3.8) is 0 Å². The van der Waals surface area contributed by atoms with Crippen molar-refractivity contribution in [2.45, 2.75) is 6.92 Å². The summed E-state index contributed by atoms with van der Waals surface area (Å²) in [5.41, 5.74) is 2.28. The second kappa shape index (κ2) is 7.98. The molecular weight excluding hydrogens is 292 g/mol. The molecule has 2 aromatic carbocycles. The highest BCUT2D eigenvalue weighted by Crippen LogP contribution is 2.18. The SMILES string of the molecule is CCOC(=O)c1ccc(N=CN(C)c2ccc(OC)cc2)cc1. The van der Waals surface area contributed by atoms with Gasteiger partial charge in [0, 0.05) is 12.7 Å². The minimum atomic E-state index is -0.321. The van der Waals surface area contributed by atoms with Gasteiger partial charge in [0.15, 0.2) is 0 Å². The summed E-state index contributed by atoms with van der Waals surface area (Å²) < 4.78 is 10.1. The number of ether oxygens (including phenoxy) is 2. The van der Waals surface area contributed by atoms with Gasteiger partial charge in [0.05, 0.1) is 31.3 Å². The van der Waals surface area contributed by atoms with E-state index in [0.717, 1.165) is 17.1 Å². The maximum absolute atomic E-state index is 11.6. The van der Waals surface area contributed by atoms with E-state index in [1.807, 2.05) is 36.2 Å². The molecule has 0 aliphatic carbocycles. The van der Waals surface area contributed by atoms with E-state index in [1.54, 1.807) is 44.6 Å². The molecule has 2 rings (SSSR count). The van der Waals surface area contributed by atoms with Crippen LogP contribution in [0.15, 0.2) is 53.5 Å². The molecule has 0 radical (unpaired) electrons. The van der Waals surface area contributed by atoms with E-state index in [1.165, 1.54) is 0 Å². The van der Waals surface area contributed by atoms with Gasteiger partial charge in [-0.05, 0) is 55.5 Å². The Kier molecular flexibility index (Phi) is 5.74. The van der Waals surface area contributed by atoms with Gasteiger partial charge >= 0.3 is 5.97 Å².